The maximum absolute atomic E-state index is 9.36. The zero-order valence-electron chi connectivity index (χ0n) is 25.0. The van der Waals surface area contributed by atoms with Crippen molar-refractivity contribution in [3.8, 4) is 16.9 Å². The summed E-state index contributed by atoms with van der Waals surface area (Å²) in [6, 6.07) is 42.0. The van der Waals surface area contributed by atoms with E-state index < -0.39 is 0 Å². The van der Waals surface area contributed by atoms with Crippen molar-refractivity contribution >= 4 is 14.6 Å². The van der Waals surface area contributed by atoms with E-state index in [-0.39, 0.29) is 5.41 Å². The molecule has 41 heavy (non-hydrogen) atoms. The normalized spacial score (nSPS) is 10.9. The van der Waals surface area contributed by atoms with E-state index in [2.05, 4.69) is 152 Å². The SMILES string of the molecule is Cc1cc(O)cc(C(C)(C)C)c1.Cc1cccc2c3ccc[c-](C)c-3cc12.[Ti+]=[C](c1ccccc1)c1ccccc1. The zero-order chi connectivity index (χ0) is 29.6. The van der Waals surface area contributed by atoms with Gasteiger partial charge in [0.1, 0.15) is 5.75 Å². The molecule has 1 N–H and O–H groups in total. The second kappa shape index (κ2) is 13.3. The van der Waals surface area contributed by atoms with E-state index in [0.29, 0.717) is 5.75 Å². The van der Waals surface area contributed by atoms with E-state index in [9.17, 15) is 5.11 Å². The van der Waals surface area contributed by atoms with Crippen LogP contribution < -0.4 is 0 Å². The molecule has 6 rings (SSSR count). The van der Waals surface area contributed by atoms with Gasteiger partial charge in [0.15, 0.2) is 0 Å². The van der Waals surface area contributed by atoms with E-state index in [1.165, 1.54) is 53.5 Å². The molecule has 0 saturated carbocycles. The molecular weight excluding hydrogens is 532 g/mol. The molecule has 0 unspecified atom stereocenters. The van der Waals surface area contributed by atoms with Gasteiger partial charge in [-0.1, -0.05) is 68.3 Å². The molecule has 0 fully saturated rings. The molecule has 1 nitrogen and oxygen atoms in total. The van der Waals surface area contributed by atoms with Crippen LogP contribution in [-0.4, -0.2) is 8.92 Å². The summed E-state index contributed by atoms with van der Waals surface area (Å²) >= 11 is 2.16. The summed E-state index contributed by atoms with van der Waals surface area (Å²) in [6.07, 6.45) is 0. The van der Waals surface area contributed by atoms with Gasteiger partial charge in [-0.15, -0.1) is 41.0 Å². The van der Waals surface area contributed by atoms with Crippen molar-refractivity contribution in [1.82, 2.24) is 0 Å². The van der Waals surface area contributed by atoms with Gasteiger partial charge in [-0.25, -0.2) is 0 Å². The van der Waals surface area contributed by atoms with Gasteiger partial charge in [0.25, 0.3) is 0 Å². The molecule has 4 aromatic rings. The van der Waals surface area contributed by atoms with Gasteiger partial charge >= 0.3 is 95.6 Å². The predicted molar refractivity (Wildman–Crippen MR) is 173 cm³/mol. The molecule has 0 spiro atoms. The number of phenols is 1. The number of hydrogen-bond acceptors (Lipinski definition) is 1. The van der Waals surface area contributed by atoms with E-state index in [4.69, 9.17) is 0 Å². The molecule has 0 aromatic heterocycles. The fourth-order valence-electron chi connectivity index (χ4n) is 4.93. The second-order valence-corrected chi connectivity index (χ2v) is 12.4. The van der Waals surface area contributed by atoms with Crippen LogP contribution in [0.25, 0.3) is 21.9 Å². The number of benzene rings is 5. The number of rotatable bonds is 2. The predicted octanol–water partition coefficient (Wildman–Crippen LogP) is 10.1. The molecule has 2 aliphatic carbocycles. The van der Waals surface area contributed by atoms with Crippen LogP contribution in [0.4, 0.5) is 0 Å². The average Bonchev–Trinajstić information content (AvgIpc) is 3.35. The maximum atomic E-state index is 9.36. The number of aromatic hydroxyl groups is 1. The summed E-state index contributed by atoms with van der Waals surface area (Å²) in [6.45, 7) is 12.8. The van der Waals surface area contributed by atoms with E-state index in [1.54, 1.807) is 6.07 Å². The van der Waals surface area contributed by atoms with Gasteiger partial charge in [-0.2, -0.15) is 0 Å². The van der Waals surface area contributed by atoms with E-state index in [0.717, 1.165) is 5.56 Å². The Balaban J connectivity index is 0.000000143. The van der Waals surface area contributed by atoms with Crippen molar-refractivity contribution in [1.29, 1.82) is 0 Å². The van der Waals surface area contributed by atoms with Crippen LogP contribution in [0.3, 0.4) is 0 Å². The molecule has 2 aliphatic rings. The molecule has 0 amide bonds. The first-order valence-corrected chi connectivity index (χ1v) is 14.9. The topological polar surface area (TPSA) is 20.2 Å². The number of hydrogen-bond donors (Lipinski definition) is 1. The molecule has 0 atom stereocenters. The third-order valence-electron chi connectivity index (χ3n) is 7.28. The fourth-order valence-corrected chi connectivity index (χ4v) is 5.45. The Labute approximate surface area is 257 Å². The summed E-state index contributed by atoms with van der Waals surface area (Å²) < 4.78 is 1.33. The Morgan fingerprint density at radius 2 is 1.29 bits per heavy atom. The minimum atomic E-state index is 0.115. The van der Waals surface area contributed by atoms with Gasteiger partial charge in [-0.3, -0.25) is 0 Å². The van der Waals surface area contributed by atoms with Gasteiger partial charge in [0.05, 0.1) is 0 Å². The Morgan fingerprint density at radius 1 is 0.683 bits per heavy atom. The molecule has 0 heterocycles. The van der Waals surface area contributed by atoms with Crippen LogP contribution in [0.2, 0.25) is 0 Å². The summed E-state index contributed by atoms with van der Waals surface area (Å²) in [5.41, 5.74) is 10.5. The molecular formula is C39H39OTi. The second-order valence-electron chi connectivity index (χ2n) is 11.6. The van der Waals surface area contributed by atoms with Gasteiger partial charge in [-0.05, 0) is 42.5 Å². The molecule has 0 radical (unpaired) electrons. The zero-order valence-corrected chi connectivity index (χ0v) is 26.6. The number of fused-ring (bicyclic) bond motifs is 3. The summed E-state index contributed by atoms with van der Waals surface area (Å²) in [5, 5.41) is 12.1. The van der Waals surface area contributed by atoms with Crippen LogP contribution in [0.15, 0.2) is 121 Å². The Kier molecular flexibility index (Phi) is 9.87. The van der Waals surface area contributed by atoms with Crippen LogP contribution >= 0.6 is 0 Å². The summed E-state index contributed by atoms with van der Waals surface area (Å²) in [4.78, 5) is 0. The quantitative estimate of drug-likeness (QED) is 0.162. The van der Waals surface area contributed by atoms with Crippen molar-refractivity contribution in [3.05, 3.63) is 155 Å². The molecule has 0 saturated heterocycles. The van der Waals surface area contributed by atoms with Crippen LogP contribution in [-0.2, 0) is 25.4 Å². The van der Waals surface area contributed by atoms with Gasteiger partial charge in [0.2, 0.25) is 0 Å². The fraction of sp³-hybridized carbons (Fsp3) is 0.179. The van der Waals surface area contributed by atoms with Crippen molar-refractivity contribution in [3.63, 3.8) is 0 Å². The van der Waals surface area contributed by atoms with E-state index in [1.807, 2.05) is 25.1 Å². The molecule has 0 aliphatic heterocycles. The average molecular weight is 572 g/mol. The standard InChI is InChI=1S/C15H13.C13H10.C11H16O.Ti/c1-10-5-3-7-12-13-8-4-6-11(2)15(13)9-14(10)12;1-3-7-12(8-4-1)11-13-9-5-2-6-10-13;1-8-5-9(11(2,3)4)7-10(12)6-8;/h3-9H,1-2H3;1-10H;5-7,12H,1-4H3;/q-1;;;+1. The Bertz CT molecular complexity index is 1640. The third-order valence-corrected chi connectivity index (χ3v) is 8.18. The first-order chi connectivity index (χ1) is 19.5. The summed E-state index contributed by atoms with van der Waals surface area (Å²) in [5.74, 6) is 0.361. The molecule has 205 valence electrons. The number of aryl methyl sites for hydroxylation is 3. The van der Waals surface area contributed by atoms with Gasteiger partial charge in [0, 0.05) is 0 Å². The van der Waals surface area contributed by atoms with E-state index >= 15 is 0 Å². The molecule has 4 aromatic carbocycles. The Hall–Kier alpha value is -3.65. The van der Waals surface area contributed by atoms with Crippen LogP contribution in [0.1, 0.15) is 54.2 Å². The Morgan fingerprint density at radius 3 is 1.85 bits per heavy atom. The first-order valence-electron chi connectivity index (χ1n) is 14.1. The summed E-state index contributed by atoms with van der Waals surface area (Å²) in [7, 11) is 0. The third kappa shape index (κ3) is 7.76. The molecule has 0 bridgehead atoms. The van der Waals surface area contributed by atoms with Crippen molar-refractivity contribution in [2.24, 2.45) is 0 Å². The van der Waals surface area contributed by atoms with Crippen LogP contribution in [0.5, 0.6) is 5.75 Å². The van der Waals surface area contributed by atoms with Gasteiger partial charge < -0.3 is 5.11 Å². The van der Waals surface area contributed by atoms with Crippen molar-refractivity contribution < 1.29 is 25.1 Å². The van der Waals surface area contributed by atoms with Crippen molar-refractivity contribution in [2.45, 2.75) is 47.0 Å². The monoisotopic (exact) mass is 571 g/mol. The minimum absolute atomic E-state index is 0.115. The van der Waals surface area contributed by atoms with Crippen molar-refractivity contribution in [2.75, 3.05) is 0 Å². The number of phenolic OH excluding ortho intramolecular Hbond substituents is 1. The first kappa shape index (κ1) is 30.3. The molecule has 2 heteroatoms. The van der Waals surface area contributed by atoms with Crippen LogP contribution in [0, 0.1) is 20.8 Å².